The number of carbonyl (C=O) groups excluding carboxylic acids is 3. The molecule has 3 aromatic carbocycles. The van der Waals surface area contributed by atoms with Crippen LogP contribution in [0.2, 0.25) is 0 Å². The summed E-state index contributed by atoms with van der Waals surface area (Å²) in [5, 5.41) is 2.84. The van der Waals surface area contributed by atoms with Crippen molar-refractivity contribution in [1.82, 2.24) is 0 Å². The van der Waals surface area contributed by atoms with Crippen molar-refractivity contribution >= 4 is 46.5 Å². The van der Waals surface area contributed by atoms with Crippen LogP contribution in [-0.2, 0) is 19.3 Å². The van der Waals surface area contributed by atoms with E-state index in [1.807, 2.05) is 56.3 Å². The van der Waals surface area contributed by atoms with Gasteiger partial charge >= 0.3 is 0 Å². The largest absolute Gasteiger partial charge is 0.497 e. The highest BCUT2D eigenvalue weighted by Crippen LogP contribution is 2.55. The summed E-state index contributed by atoms with van der Waals surface area (Å²) < 4.78 is 5.16. The van der Waals surface area contributed by atoms with E-state index in [2.05, 4.69) is 5.32 Å². The Hall–Kier alpha value is -3.78. The number of thioether (sulfide) groups is 1. The van der Waals surface area contributed by atoms with E-state index in [-0.39, 0.29) is 30.0 Å². The van der Waals surface area contributed by atoms with E-state index in [1.165, 1.54) is 16.7 Å². The van der Waals surface area contributed by atoms with Crippen LogP contribution in [0.1, 0.15) is 16.7 Å². The molecule has 5 rings (SSSR count). The molecule has 3 amide bonds. The molecule has 1 atom stereocenters. The third-order valence-corrected chi connectivity index (χ3v) is 7.59. The molecule has 1 saturated heterocycles. The summed E-state index contributed by atoms with van der Waals surface area (Å²) in [6.45, 7) is 3.77. The van der Waals surface area contributed by atoms with Gasteiger partial charge in [0.2, 0.25) is 16.7 Å². The highest BCUT2D eigenvalue weighted by molar-refractivity contribution is 8.02. The molecule has 0 saturated carbocycles. The first-order valence-electron chi connectivity index (χ1n) is 11.2. The number of rotatable bonds is 5. The first-order valence-corrected chi connectivity index (χ1v) is 12.2. The van der Waals surface area contributed by atoms with Gasteiger partial charge in [-0.2, -0.15) is 0 Å². The number of benzene rings is 3. The number of aryl methyl sites for hydroxylation is 2. The fraction of sp³-hybridized carbons (Fsp3) is 0.222. The molecule has 0 aliphatic carbocycles. The first kappa shape index (κ1) is 23.0. The molecule has 7 nitrogen and oxygen atoms in total. The molecule has 0 aromatic heterocycles. The number of methoxy groups -OCH3 is 1. The standard InChI is InChI=1S/C27H25N3O4S/c1-17-12-18(2)14-20(13-17)30-25(32)16-35-27(30)22-6-4-5-7-23(22)29(26(27)33)15-24(31)28-19-8-10-21(34-3)11-9-19/h4-14H,15-16H2,1-3H3,(H,28,31). The molecule has 1 N–H and O–H groups in total. The molecule has 0 radical (unpaired) electrons. The lowest BCUT2D eigenvalue weighted by molar-refractivity contribution is -0.124. The van der Waals surface area contributed by atoms with Crippen molar-refractivity contribution in [3.05, 3.63) is 83.4 Å². The monoisotopic (exact) mass is 487 g/mol. The topological polar surface area (TPSA) is 79.0 Å². The van der Waals surface area contributed by atoms with Crippen molar-refractivity contribution in [3.63, 3.8) is 0 Å². The SMILES string of the molecule is COc1ccc(NC(=O)CN2C(=O)C3(SCC(=O)N3c3cc(C)cc(C)c3)c3ccccc32)cc1. The molecule has 178 valence electrons. The lowest BCUT2D eigenvalue weighted by atomic mass is 10.0. The fourth-order valence-electron chi connectivity index (χ4n) is 4.81. The second-order valence-corrected chi connectivity index (χ2v) is 9.86. The fourth-order valence-corrected chi connectivity index (χ4v) is 6.17. The van der Waals surface area contributed by atoms with E-state index in [9.17, 15) is 14.4 Å². The molecule has 1 fully saturated rings. The summed E-state index contributed by atoms with van der Waals surface area (Å²) >= 11 is 1.30. The van der Waals surface area contributed by atoms with Crippen molar-refractivity contribution in [2.75, 3.05) is 34.5 Å². The van der Waals surface area contributed by atoms with Crippen LogP contribution >= 0.6 is 11.8 Å². The van der Waals surface area contributed by atoms with Gasteiger partial charge in [-0.1, -0.05) is 24.3 Å². The Labute approximate surface area is 208 Å². The van der Waals surface area contributed by atoms with E-state index in [0.717, 1.165) is 16.7 Å². The summed E-state index contributed by atoms with van der Waals surface area (Å²) in [7, 11) is 1.58. The van der Waals surface area contributed by atoms with Crippen LogP contribution in [0.4, 0.5) is 17.1 Å². The van der Waals surface area contributed by atoms with Gasteiger partial charge in [0.25, 0.3) is 5.91 Å². The Morgan fingerprint density at radius 1 is 1.03 bits per heavy atom. The van der Waals surface area contributed by atoms with Crippen LogP contribution in [0, 0.1) is 13.8 Å². The van der Waals surface area contributed by atoms with E-state index >= 15 is 0 Å². The minimum absolute atomic E-state index is 0.132. The van der Waals surface area contributed by atoms with Crippen molar-refractivity contribution in [3.8, 4) is 5.75 Å². The van der Waals surface area contributed by atoms with Crippen molar-refractivity contribution < 1.29 is 19.1 Å². The van der Waals surface area contributed by atoms with E-state index in [1.54, 1.807) is 36.3 Å². The zero-order valence-electron chi connectivity index (χ0n) is 19.7. The Morgan fingerprint density at radius 3 is 2.40 bits per heavy atom. The second kappa shape index (κ2) is 8.78. The molecule has 8 heteroatoms. The van der Waals surface area contributed by atoms with Gasteiger partial charge in [0.1, 0.15) is 12.3 Å². The van der Waals surface area contributed by atoms with Crippen LogP contribution < -0.4 is 19.9 Å². The van der Waals surface area contributed by atoms with Gasteiger partial charge in [-0.15, -0.1) is 11.8 Å². The summed E-state index contributed by atoms with van der Waals surface area (Å²) in [5.74, 6) is 0.107. The molecule has 35 heavy (non-hydrogen) atoms. The van der Waals surface area contributed by atoms with Crippen LogP contribution in [0.25, 0.3) is 0 Å². The number of hydrogen-bond acceptors (Lipinski definition) is 5. The molecule has 1 spiro atoms. The van der Waals surface area contributed by atoms with E-state index in [4.69, 9.17) is 4.74 Å². The Balaban J connectivity index is 1.50. The van der Waals surface area contributed by atoms with Gasteiger partial charge < -0.3 is 10.1 Å². The number of fused-ring (bicyclic) bond motifs is 2. The number of nitrogens with one attached hydrogen (secondary N) is 1. The Kier molecular flexibility index (Phi) is 5.76. The summed E-state index contributed by atoms with van der Waals surface area (Å²) in [5.41, 5.74) is 4.66. The summed E-state index contributed by atoms with van der Waals surface area (Å²) in [6.07, 6.45) is 0. The predicted molar refractivity (Wildman–Crippen MR) is 138 cm³/mol. The molecule has 2 aliphatic rings. The maximum absolute atomic E-state index is 14.1. The van der Waals surface area contributed by atoms with Crippen LogP contribution in [0.5, 0.6) is 5.75 Å². The highest BCUT2D eigenvalue weighted by Gasteiger charge is 2.61. The smallest absolute Gasteiger partial charge is 0.269 e. The van der Waals surface area contributed by atoms with Crippen LogP contribution in [0.3, 0.4) is 0 Å². The number of amides is 3. The lowest BCUT2D eigenvalue weighted by Gasteiger charge is -2.33. The van der Waals surface area contributed by atoms with E-state index in [0.29, 0.717) is 22.8 Å². The number of nitrogens with zero attached hydrogens (tertiary/aromatic N) is 2. The second-order valence-electron chi connectivity index (χ2n) is 8.69. The van der Waals surface area contributed by atoms with Gasteiger partial charge in [-0.05, 0) is 67.4 Å². The average Bonchev–Trinajstić information content (AvgIpc) is 3.30. The predicted octanol–water partition coefficient (Wildman–Crippen LogP) is 4.23. The maximum atomic E-state index is 14.1. The lowest BCUT2D eigenvalue weighted by Crippen LogP contribution is -2.51. The molecule has 0 bridgehead atoms. The number of carbonyl (C=O) groups is 3. The number of ether oxygens (including phenoxy) is 1. The van der Waals surface area contributed by atoms with Crippen LogP contribution in [0.15, 0.2) is 66.7 Å². The van der Waals surface area contributed by atoms with Gasteiger partial charge in [0.05, 0.1) is 18.6 Å². The maximum Gasteiger partial charge on any atom is 0.269 e. The van der Waals surface area contributed by atoms with Crippen molar-refractivity contribution in [2.45, 2.75) is 18.7 Å². The van der Waals surface area contributed by atoms with E-state index < -0.39 is 4.87 Å². The minimum Gasteiger partial charge on any atom is -0.497 e. The first-order chi connectivity index (χ1) is 16.8. The Bertz CT molecular complexity index is 1320. The van der Waals surface area contributed by atoms with Crippen molar-refractivity contribution in [2.24, 2.45) is 0 Å². The highest BCUT2D eigenvalue weighted by atomic mass is 32.2. The molecular weight excluding hydrogens is 462 g/mol. The summed E-state index contributed by atoms with van der Waals surface area (Å²) in [4.78, 5) is 42.1. The Morgan fingerprint density at radius 2 is 1.71 bits per heavy atom. The molecule has 2 aliphatic heterocycles. The average molecular weight is 488 g/mol. The third kappa shape index (κ3) is 3.83. The molecule has 1 unspecified atom stereocenters. The van der Waals surface area contributed by atoms with Crippen molar-refractivity contribution in [1.29, 1.82) is 0 Å². The minimum atomic E-state index is -1.24. The van der Waals surface area contributed by atoms with Crippen LogP contribution in [-0.4, -0.2) is 37.1 Å². The van der Waals surface area contributed by atoms with Gasteiger partial charge in [0.15, 0.2) is 0 Å². The zero-order chi connectivity index (χ0) is 24.7. The van der Waals surface area contributed by atoms with Gasteiger partial charge in [-0.25, -0.2) is 0 Å². The molecule has 2 heterocycles. The van der Waals surface area contributed by atoms with Gasteiger partial charge in [0, 0.05) is 16.9 Å². The summed E-state index contributed by atoms with van der Waals surface area (Å²) in [6, 6.07) is 20.3. The zero-order valence-corrected chi connectivity index (χ0v) is 20.5. The number of anilines is 3. The number of hydrogen-bond donors (Lipinski definition) is 1. The normalized spacial score (nSPS) is 18.8. The quantitative estimate of drug-likeness (QED) is 0.583. The number of para-hydroxylation sites is 1. The third-order valence-electron chi connectivity index (χ3n) is 6.20. The van der Waals surface area contributed by atoms with Gasteiger partial charge in [-0.3, -0.25) is 24.2 Å². The molecular formula is C27H25N3O4S. The molecule has 3 aromatic rings.